The molecule has 0 bridgehead atoms. The van der Waals surface area contributed by atoms with E-state index >= 15 is 0 Å². The molecule has 0 saturated heterocycles. The average molecular weight is 459 g/mol. The summed E-state index contributed by atoms with van der Waals surface area (Å²) in [7, 11) is 1.30. The Hall–Kier alpha value is -2.91. The van der Waals surface area contributed by atoms with Gasteiger partial charge < -0.3 is 14.7 Å². The van der Waals surface area contributed by atoms with Gasteiger partial charge in [0.05, 0.1) is 24.8 Å². The van der Waals surface area contributed by atoms with Crippen LogP contribution in [0.2, 0.25) is 5.02 Å². The number of aliphatic hydroxyl groups excluding tert-OH is 1. The molecule has 2 aromatic carbocycles. The lowest BCUT2D eigenvalue weighted by molar-refractivity contribution is -0.242. The molecule has 0 amide bonds. The van der Waals surface area contributed by atoms with Gasteiger partial charge in [0.25, 0.3) is 0 Å². The third kappa shape index (κ3) is 4.28. The maximum absolute atomic E-state index is 12.3. The molecule has 0 saturated carbocycles. The van der Waals surface area contributed by atoms with Gasteiger partial charge >= 0.3 is 5.97 Å². The minimum Gasteiger partial charge on any atom is -0.465 e. The molecular formula is C22H19ClN2O5S. The van der Waals surface area contributed by atoms with Gasteiger partial charge in [-0.2, -0.15) is 4.89 Å². The van der Waals surface area contributed by atoms with Gasteiger partial charge in [-0.05, 0) is 30.7 Å². The maximum Gasteiger partial charge on any atom is 0.352 e. The summed E-state index contributed by atoms with van der Waals surface area (Å²) in [6.45, 7) is 1.72. The molecule has 9 heteroatoms. The van der Waals surface area contributed by atoms with Gasteiger partial charge in [-0.3, -0.25) is 4.57 Å². The van der Waals surface area contributed by atoms with Crippen molar-refractivity contribution in [2.24, 2.45) is 0 Å². The molecule has 0 spiro atoms. The lowest BCUT2D eigenvalue weighted by Crippen LogP contribution is -2.07. The largest absolute Gasteiger partial charge is 0.465 e. The van der Waals surface area contributed by atoms with Crippen molar-refractivity contribution in [1.29, 1.82) is 0 Å². The summed E-state index contributed by atoms with van der Waals surface area (Å²) in [4.78, 5) is 28.0. The van der Waals surface area contributed by atoms with Crippen molar-refractivity contribution in [2.75, 3.05) is 7.11 Å². The fourth-order valence-electron chi connectivity index (χ4n) is 3.09. The first kappa shape index (κ1) is 21.3. The van der Waals surface area contributed by atoms with Crippen LogP contribution in [0, 0.1) is 0 Å². The Morgan fingerprint density at radius 3 is 2.81 bits per heavy atom. The molecule has 4 rings (SSSR count). The second-order valence-electron chi connectivity index (χ2n) is 6.71. The topological polar surface area (TPSA) is 82.8 Å². The standard InChI is InChI=1S/C22H19ClN2O5S/c1-13(15-5-3-4-6-16(15)23)29-30-19-10-20(31-21(19)22(27)28-2)25-12-24-17-8-7-14(11-26)9-18(17)25/h3-10,12-13,26H,11H2,1-2H3/t13-/m1/s1. The van der Waals surface area contributed by atoms with Crippen molar-refractivity contribution in [3.05, 3.63) is 75.9 Å². The molecular weight excluding hydrogens is 440 g/mol. The molecule has 4 aromatic rings. The number of thiophene rings is 1. The predicted octanol–water partition coefficient (Wildman–Crippen LogP) is 5.09. The minimum absolute atomic E-state index is 0.0822. The lowest BCUT2D eigenvalue weighted by Gasteiger charge is -2.13. The number of carbonyl (C=O) groups excluding carboxylic acids is 1. The van der Waals surface area contributed by atoms with E-state index in [0.29, 0.717) is 10.0 Å². The molecule has 0 fully saturated rings. The summed E-state index contributed by atoms with van der Waals surface area (Å²) in [6.07, 6.45) is 1.18. The summed E-state index contributed by atoms with van der Waals surface area (Å²) in [5.41, 5.74) is 3.07. The first-order valence-electron chi connectivity index (χ1n) is 9.39. The molecule has 7 nitrogen and oxygen atoms in total. The van der Waals surface area contributed by atoms with Crippen LogP contribution in [-0.2, 0) is 16.2 Å². The third-order valence-corrected chi connectivity index (χ3v) is 6.15. The number of esters is 1. The number of aromatic nitrogens is 2. The van der Waals surface area contributed by atoms with E-state index in [1.54, 1.807) is 25.4 Å². The normalized spacial score (nSPS) is 12.1. The molecule has 0 aliphatic carbocycles. The van der Waals surface area contributed by atoms with E-state index in [1.165, 1.54) is 18.4 Å². The van der Waals surface area contributed by atoms with Crippen molar-refractivity contribution in [2.45, 2.75) is 19.6 Å². The van der Waals surface area contributed by atoms with Crippen LogP contribution < -0.4 is 4.89 Å². The number of ether oxygens (including phenoxy) is 1. The molecule has 160 valence electrons. The first-order valence-corrected chi connectivity index (χ1v) is 10.6. The highest BCUT2D eigenvalue weighted by Gasteiger charge is 2.22. The van der Waals surface area contributed by atoms with Crippen molar-refractivity contribution < 1.29 is 24.4 Å². The maximum atomic E-state index is 12.3. The zero-order valence-corrected chi connectivity index (χ0v) is 18.3. The molecule has 0 radical (unpaired) electrons. The minimum atomic E-state index is -0.541. The van der Waals surface area contributed by atoms with Crippen molar-refractivity contribution in [1.82, 2.24) is 9.55 Å². The first-order chi connectivity index (χ1) is 15.0. The van der Waals surface area contributed by atoms with Gasteiger partial charge in [0.1, 0.15) is 17.4 Å². The molecule has 0 aliphatic rings. The quantitative estimate of drug-likeness (QED) is 0.236. The van der Waals surface area contributed by atoms with Crippen LogP contribution in [0.3, 0.4) is 0 Å². The van der Waals surface area contributed by atoms with E-state index in [9.17, 15) is 9.90 Å². The van der Waals surface area contributed by atoms with E-state index in [2.05, 4.69) is 4.98 Å². The number of hydrogen-bond donors (Lipinski definition) is 1. The number of hydrogen-bond acceptors (Lipinski definition) is 7. The number of fused-ring (bicyclic) bond motifs is 1. The average Bonchev–Trinajstić information content (AvgIpc) is 3.40. The number of benzene rings is 2. The zero-order chi connectivity index (χ0) is 22.0. The zero-order valence-electron chi connectivity index (χ0n) is 16.7. The molecule has 0 aliphatic heterocycles. The molecule has 1 N–H and O–H groups in total. The summed E-state index contributed by atoms with van der Waals surface area (Å²) in [5.74, 6) is -0.313. The van der Waals surface area contributed by atoms with Crippen LogP contribution >= 0.6 is 22.9 Å². The number of halogens is 1. The molecule has 2 aromatic heterocycles. The Balaban J connectivity index is 1.66. The Morgan fingerprint density at radius 1 is 1.26 bits per heavy atom. The molecule has 31 heavy (non-hydrogen) atoms. The van der Waals surface area contributed by atoms with Gasteiger partial charge in [-0.1, -0.05) is 35.9 Å². The number of methoxy groups -OCH3 is 1. The van der Waals surface area contributed by atoms with Crippen LogP contribution in [0.4, 0.5) is 0 Å². The Bertz CT molecular complexity index is 1240. The van der Waals surface area contributed by atoms with Gasteiger partial charge in [0.15, 0.2) is 10.6 Å². The smallest absolute Gasteiger partial charge is 0.352 e. The highest BCUT2D eigenvalue weighted by atomic mass is 35.5. The second-order valence-corrected chi connectivity index (χ2v) is 8.15. The summed E-state index contributed by atoms with van der Waals surface area (Å²) in [5, 5.41) is 10.7. The van der Waals surface area contributed by atoms with Crippen molar-refractivity contribution in [3.63, 3.8) is 0 Å². The van der Waals surface area contributed by atoms with Crippen molar-refractivity contribution in [3.8, 4) is 10.8 Å². The van der Waals surface area contributed by atoms with E-state index < -0.39 is 12.1 Å². The fourth-order valence-corrected chi connectivity index (χ4v) is 4.35. The predicted molar refractivity (Wildman–Crippen MR) is 118 cm³/mol. The van der Waals surface area contributed by atoms with Crippen LogP contribution in [0.25, 0.3) is 16.0 Å². The monoisotopic (exact) mass is 458 g/mol. The SMILES string of the molecule is COC(=O)c1sc(-n2cnc3ccc(CO)cc32)cc1OO[C@H](C)c1ccccc1Cl. The number of imidazole rings is 1. The van der Waals surface area contributed by atoms with Crippen molar-refractivity contribution >= 4 is 39.9 Å². The third-order valence-electron chi connectivity index (χ3n) is 4.71. The summed E-state index contributed by atoms with van der Waals surface area (Å²) < 4.78 is 6.71. The van der Waals surface area contributed by atoms with Gasteiger partial charge in [-0.15, -0.1) is 11.3 Å². The number of aliphatic hydroxyl groups is 1. The van der Waals surface area contributed by atoms with Gasteiger partial charge in [0, 0.05) is 16.7 Å². The lowest BCUT2D eigenvalue weighted by atomic mass is 10.1. The number of rotatable bonds is 7. The summed E-state index contributed by atoms with van der Waals surface area (Å²) >= 11 is 7.40. The van der Waals surface area contributed by atoms with Crippen LogP contribution in [-0.4, -0.2) is 27.7 Å². The molecule has 2 heterocycles. The number of carbonyl (C=O) groups is 1. The Labute approximate surface area is 187 Å². The number of nitrogens with zero attached hydrogens (tertiary/aromatic N) is 2. The van der Waals surface area contributed by atoms with Crippen LogP contribution in [0.15, 0.2) is 54.9 Å². The highest BCUT2D eigenvalue weighted by Crippen LogP contribution is 2.36. The van der Waals surface area contributed by atoms with Crippen LogP contribution in [0.1, 0.15) is 33.8 Å². The second kappa shape index (κ2) is 9.07. The van der Waals surface area contributed by atoms with E-state index in [4.69, 9.17) is 26.1 Å². The van der Waals surface area contributed by atoms with Gasteiger partial charge in [-0.25, -0.2) is 9.78 Å². The molecule has 1 atom stereocenters. The van der Waals surface area contributed by atoms with Crippen LogP contribution in [0.5, 0.6) is 5.75 Å². The van der Waals surface area contributed by atoms with E-state index in [-0.39, 0.29) is 17.2 Å². The Morgan fingerprint density at radius 2 is 2.06 bits per heavy atom. The molecule has 0 unspecified atom stereocenters. The Kier molecular flexibility index (Phi) is 6.24. The van der Waals surface area contributed by atoms with E-state index in [0.717, 1.165) is 22.2 Å². The fraction of sp³-hybridized carbons (Fsp3) is 0.182. The van der Waals surface area contributed by atoms with Gasteiger partial charge in [0.2, 0.25) is 0 Å². The van der Waals surface area contributed by atoms with E-state index in [1.807, 2.05) is 41.0 Å². The summed E-state index contributed by atoms with van der Waals surface area (Å²) in [6, 6.07) is 14.5. The highest BCUT2D eigenvalue weighted by molar-refractivity contribution is 7.16.